The minimum atomic E-state index is -0.706. The van der Waals surface area contributed by atoms with Crippen LogP contribution in [0.4, 0.5) is 5.69 Å². The molecular formula is C22H19NO3. The highest BCUT2D eigenvalue weighted by molar-refractivity contribution is 6.24. The molecule has 0 saturated carbocycles. The van der Waals surface area contributed by atoms with Gasteiger partial charge in [0.2, 0.25) is 11.8 Å². The van der Waals surface area contributed by atoms with E-state index < -0.39 is 23.0 Å². The van der Waals surface area contributed by atoms with Crippen LogP contribution in [0.15, 0.2) is 66.7 Å². The van der Waals surface area contributed by atoms with Crippen LogP contribution in [-0.4, -0.2) is 23.0 Å². The van der Waals surface area contributed by atoms with Crippen molar-refractivity contribution in [1.29, 1.82) is 0 Å². The molecule has 3 aliphatic rings. The molecule has 2 bridgehead atoms. The van der Waals surface area contributed by atoms with Gasteiger partial charge in [0.05, 0.1) is 28.7 Å². The van der Waals surface area contributed by atoms with E-state index in [9.17, 15) is 9.59 Å². The van der Waals surface area contributed by atoms with Gasteiger partial charge in [-0.15, -0.1) is 0 Å². The maximum Gasteiger partial charge on any atom is 0.241 e. The fourth-order valence-electron chi connectivity index (χ4n) is 4.80. The number of carbonyl (C=O) groups excluding carboxylic acids is 2. The Morgan fingerprint density at radius 2 is 1.35 bits per heavy atom. The molecule has 0 aliphatic carbocycles. The SMILES string of the molecule is C[C@]12C=C[C@](C)(O1)[C@@H]1C(=O)N(c3ccccc3-c3ccccc3)C(=O)[C@H]12. The van der Waals surface area contributed by atoms with Crippen LogP contribution in [0.3, 0.4) is 0 Å². The average molecular weight is 345 g/mol. The van der Waals surface area contributed by atoms with Gasteiger partial charge in [0, 0.05) is 5.56 Å². The van der Waals surface area contributed by atoms with Gasteiger partial charge in [0.15, 0.2) is 0 Å². The topological polar surface area (TPSA) is 46.6 Å². The van der Waals surface area contributed by atoms with Gasteiger partial charge in [-0.1, -0.05) is 60.7 Å². The Balaban J connectivity index is 1.64. The maximum atomic E-state index is 13.3. The number of imide groups is 1. The summed E-state index contributed by atoms with van der Waals surface area (Å²) in [7, 11) is 0. The minimum absolute atomic E-state index is 0.168. The van der Waals surface area contributed by atoms with E-state index in [1.54, 1.807) is 0 Å². The zero-order valence-electron chi connectivity index (χ0n) is 14.7. The van der Waals surface area contributed by atoms with E-state index >= 15 is 0 Å². The van der Waals surface area contributed by atoms with Crippen LogP contribution in [0.5, 0.6) is 0 Å². The molecule has 0 aromatic heterocycles. The van der Waals surface area contributed by atoms with Gasteiger partial charge < -0.3 is 4.74 Å². The fourth-order valence-corrected chi connectivity index (χ4v) is 4.80. The molecule has 3 heterocycles. The van der Waals surface area contributed by atoms with E-state index in [-0.39, 0.29) is 11.8 Å². The van der Waals surface area contributed by atoms with E-state index in [2.05, 4.69) is 0 Å². The number of rotatable bonds is 2. The van der Waals surface area contributed by atoms with Crippen LogP contribution in [0, 0.1) is 11.8 Å². The highest BCUT2D eigenvalue weighted by atomic mass is 16.5. The van der Waals surface area contributed by atoms with E-state index in [0.717, 1.165) is 11.1 Å². The van der Waals surface area contributed by atoms with Gasteiger partial charge in [-0.3, -0.25) is 9.59 Å². The van der Waals surface area contributed by atoms with E-state index in [4.69, 9.17) is 4.74 Å². The van der Waals surface area contributed by atoms with Gasteiger partial charge >= 0.3 is 0 Å². The van der Waals surface area contributed by atoms with Crippen LogP contribution in [0.1, 0.15) is 13.8 Å². The average Bonchev–Trinajstić information content (AvgIpc) is 3.19. The molecule has 0 radical (unpaired) electrons. The Morgan fingerprint density at radius 1 is 0.808 bits per heavy atom. The largest absolute Gasteiger partial charge is 0.359 e. The Bertz CT molecular complexity index is 930. The molecule has 5 rings (SSSR count). The summed E-state index contributed by atoms with van der Waals surface area (Å²) in [5, 5.41) is 0. The number of carbonyl (C=O) groups is 2. The first-order valence-corrected chi connectivity index (χ1v) is 8.87. The number of benzene rings is 2. The van der Waals surface area contributed by atoms with E-state index in [1.165, 1.54) is 4.90 Å². The molecule has 26 heavy (non-hydrogen) atoms. The van der Waals surface area contributed by atoms with Crippen molar-refractivity contribution in [1.82, 2.24) is 0 Å². The third-order valence-corrected chi connectivity index (χ3v) is 5.96. The maximum absolute atomic E-state index is 13.3. The van der Waals surface area contributed by atoms with Crippen molar-refractivity contribution >= 4 is 17.5 Å². The number of fused-ring (bicyclic) bond motifs is 5. The van der Waals surface area contributed by atoms with Gasteiger partial charge in [-0.25, -0.2) is 4.90 Å². The summed E-state index contributed by atoms with van der Waals surface area (Å²) < 4.78 is 6.07. The van der Waals surface area contributed by atoms with Crippen molar-refractivity contribution < 1.29 is 14.3 Å². The summed E-state index contributed by atoms with van der Waals surface area (Å²) in [4.78, 5) is 28.0. The zero-order chi connectivity index (χ0) is 18.1. The second-order valence-electron chi connectivity index (χ2n) is 7.65. The molecule has 130 valence electrons. The summed E-state index contributed by atoms with van der Waals surface area (Å²) in [6, 6.07) is 17.4. The molecule has 0 spiro atoms. The molecule has 2 fully saturated rings. The molecular weight excluding hydrogens is 326 g/mol. The van der Waals surface area contributed by atoms with Crippen molar-refractivity contribution in [2.75, 3.05) is 4.90 Å². The molecule has 2 amide bonds. The number of para-hydroxylation sites is 1. The number of ether oxygens (including phenoxy) is 1. The van der Waals surface area contributed by atoms with Crippen LogP contribution in [0.25, 0.3) is 11.1 Å². The zero-order valence-corrected chi connectivity index (χ0v) is 14.7. The smallest absolute Gasteiger partial charge is 0.241 e. The lowest BCUT2D eigenvalue weighted by atomic mass is 9.73. The first-order chi connectivity index (χ1) is 12.4. The Morgan fingerprint density at radius 3 is 1.96 bits per heavy atom. The molecule has 3 aliphatic heterocycles. The van der Waals surface area contributed by atoms with Crippen LogP contribution < -0.4 is 4.90 Å². The second-order valence-corrected chi connectivity index (χ2v) is 7.65. The van der Waals surface area contributed by atoms with Crippen LogP contribution >= 0.6 is 0 Å². The Hall–Kier alpha value is -2.72. The summed E-state index contributed by atoms with van der Waals surface area (Å²) in [5.74, 6) is -1.26. The molecule has 2 aromatic carbocycles. The standard InChI is InChI=1S/C22H19NO3/c1-21-12-13-22(2,26-21)18-17(21)19(24)23(20(18)25)16-11-7-6-10-15(16)14-8-4-3-5-9-14/h3-13,17-18H,1-2H3/t17-,18-,21-,22+/m0/s1. The number of hydrogen-bond acceptors (Lipinski definition) is 3. The van der Waals surface area contributed by atoms with Gasteiger partial charge in [0.25, 0.3) is 0 Å². The lowest BCUT2D eigenvalue weighted by molar-refractivity contribution is -0.128. The lowest BCUT2D eigenvalue weighted by Crippen LogP contribution is -2.39. The molecule has 0 unspecified atom stereocenters. The summed E-state index contributed by atoms with van der Waals surface area (Å²) in [6.45, 7) is 3.80. The third kappa shape index (κ3) is 1.82. The molecule has 4 nitrogen and oxygen atoms in total. The lowest BCUT2D eigenvalue weighted by Gasteiger charge is -2.26. The van der Waals surface area contributed by atoms with Gasteiger partial charge in [-0.05, 0) is 25.5 Å². The molecule has 2 aromatic rings. The molecule has 0 N–H and O–H groups in total. The van der Waals surface area contributed by atoms with Crippen molar-refractivity contribution in [3.05, 3.63) is 66.7 Å². The summed E-state index contributed by atoms with van der Waals surface area (Å²) >= 11 is 0. The number of anilines is 1. The molecule has 4 heteroatoms. The van der Waals surface area contributed by atoms with Crippen molar-refractivity contribution in [3.8, 4) is 11.1 Å². The first-order valence-electron chi connectivity index (χ1n) is 8.87. The predicted molar refractivity (Wildman–Crippen MR) is 98.4 cm³/mol. The Kier molecular flexibility index (Phi) is 2.94. The van der Waals surface area contributed by atoms with Crippen molar-refractivity contribution in [2.24, 2.45) is 11.8 Å². The monoisotopic (exact) mass is 345 g/mol. The Labute approximate surface area is 152 Å². The quantitative estimate of drug-likeness (QED) is 0.617. The van der Waals surface area contributed by atoms with E-state index in [0.29, 0.717) is 5.69 Å². The molecule has 2 saturated heterocycles. The van der Waals surface area contributed by atoms with Crippen molar-refractivity contribution in [3.63, 3.8) is 0 Å². The summed E-state index contributed by atoms with van der Waals surface area (Å²) in [6.07, 6.45) is 3.87. The van der Waals surface area contributed by atoms with E-state index in [1.807, 2.05) is 80.6 Å². The number of nitrogens with zero attached hydrogens (tertiary/aromatic N) is 1. The van der Waals surface area contributed by atoms with Crippen LogP contribution in [-0.2, 0) is 14.3 Å². The third-order valence-electron chi connectivity index (χ3n) is 5.96. The summed E-state index contributed by atoms with van der Waals surface area (Å²) in [5.41, 5.74) is 1.10. The molecule has 4 atom stereocenters. The first kappa shape index (κ1) is 15.5. The second kappa shape index (κ2) is 4.92. The van der Waals surface area contributed by atoms with Crippen molar-refractivity contribution in [2.45, 2.75) is 25.0 Å². The minimum Gasteiger partial charge on any atom is -0.359 e. The predicted octanol–water partition coefficient (Wildman–Crippen LogP) is 3.58. The highest BCUT2D eigenvalue weighted by Gasteiger charge is 2.70. The van der Waals surface area contributed by atoms with Gasteiger partial charge in [-0.2, -0.15) is 0 Å². The fraction of sp³-hybridized carbons (Fsp3) is 0.273. The normalized spacial score (nSPS) is 34.6. The number of amides is 2. The highest BCUT2D eigenvalue weighted by Crippen LogP contribution is 2.57. The number of hydrogen-bond donors (Lipinski definition) is 0. The van der Waals surface area contributed by atoms with Gasteiger partial charge in [0.1, 0.15) is 0 Å². The van der Waals surface area contributed by atoms with Crippen LogP contribution in [0.2, 0.25) is 0 Å².